The number of nitrogens with two attached hydrogens (primary N) is 1. The van der Waals surface area contributed by atoms with E-state index in [2.05, 4.69) is 12.1 Å². The number of amides is 1. The Kier molecular flexibility index (Phi) is 4.44. The van der Waals surface area contributed by atoms with E-state index in [4.69, 9.17) is 5.73 Å². The Balaban J connectivity index is 1.81. The summed E-state index contributed by atoms with van der Waals surface area (Å²) in [7, 11) is 0. The molecule has 2 N–H and O–H groups in total. The molecule has 1 aliphatic rings. The van der Waals surface area contributed by atoms with Gasteiger partial charge in [-0.15, -0.1) is 0 Å². The van der Waals surface area contributed by atoms with Gasteiger partial charge in [0.2, 0.25) is 0 Å². The zero-order valence-corrected chi connectivity index (χ0v) is 13.2. The maximum atomic E-state index is 13.4. The summed E-state index contributed by atoms with van der Waals surface area (Å²) in [5.41, 5.74) is 8.16. The highest BCUT2D eigenvalue weighted by Crippen LogP contribution is 2.32. The zero-order valence-electron chi connectivity index (χ0n) is 13.2. The highest BCUT2D eigenvalue weighted by Gasteiger charge is 2.35. The maximum Gasteiger partial charge on any atom is 0.253 e. The molecular weight excluding hydrogens is 291 g/mol. The molecule has 120 valence electrons. The van der Waals surface area contributed by atoms with Gasteiger partial charge in [-0.3, -0.25) is 4.79 Å². The lowest BCUT2D eigenvalue weighted by atomic mass is 9.89. The van der Waals surface area contributed by atoms with Crippen molar-refractivity contribution in [2.24, 2.45) is 11.7 Å². The number of likely N-dealkylation sites (tertiary alicyclic amines) is 1. The molecule has 1 amide bonds. The van der Waals surface area contributed by atoms with Crippen LogP contribution in [-0.2, 0) is 0 Å². The summed E-state index contributed by atoms with van der Waals surface area (Å²) in [5.74, 6) is 0.171. The van der Waals surface area contributed by atoms with Crippen LogP contribution in [0.1, 0.15) is 27.4 Å². The van der Waals surface area contributed by atoms with Crippen LogP contribution in [-0.4, -0.2) is 30.4 Å². The van der Waals surface area contributed by atoms with Gasteiger partial charge in [0.15, 0.2) is 0 Å². The van der Waals surface area contributed by atoms with Gasteiger partial charge in [-0.05, 0) is 48.7 Å². The molecule has 1 heterocycles. The predicted octanol–water partition coefficient (Wildman–Crippen LogP) is 2.95. The van der Waals surface area contributed by atoms with E-state index in [9.17, 15) is 9.18 Å². The summed E-state index contributed by atoms with van der Waals surface area (Å²) < 4.78 is 13.4. The van der Waals surface area contributed by atoms with Crippen molar-refractivity contribution in [3.8, 4) is 0 Å². The molecule has 4 heteroatoms. The van der Waals surface area contributed by atoms with E-state index in [0.717, 1.165) is 0 Å². The molecule has 2 aromatic carbocycles. The standard InChI is InChI=1S/C19H21FN2O/c1-13-9-15(7-8-18(13)20)19(23)22-11-16(10-21)17(12-22)14-5-3-2-4-6-14/h2-9,16-17H,10-12,21H2,1H3/t16-,17+/m1/s1. The lowest BCUT2D eigenvalue weighted by molar-refractivity contribution is 0.0786. The lowest BCUT2D eigenvalue weighted by Crippen LogP contribution is -2.29. The van der Waals surface area contributed by atoms with Gasteiger partial charge < -0.3 is 10.6 Å². The van der Waals surface area contributed by atoms with Crippen LogP contribution in [0.4, 0.5) is 4.39 Å². The molecule has 0 bridgehead atoms. The van der Waals surface area contributed by atoms with Crippen LogP contribution in [0.15, 0.2) is 48.5 Å². The molecule has 0 aliphatic carbocycles. The molecule has 0 unspecified atom stereocenters. The number of aryl methyl sites for hydroxylation is 1. The van der Waals surface area contributed by atoms with Crippen LogP contribution in [0.2, 0.25) is 0 Å². The van der Waals surface area contributed by atoms with Crippen molar-refractivity contribution in [3.05, 3.63) is 71.0 Å². The third-order valence-corrected chi connectivity index (χ3v) is 4.66. The van der Waals surface area contributed by atoms with Gasteiger partial charge in [0, 0.05) is 24.6 Å². The number of halogens is 1. The van der Waals surface area contributed by atoms with Gasteiger partial charge in [0.1, 0.15) is 5.82 Å². The first kappa shape index (κ1) is 15.7. The Hall–Kier alpha value is -2.20. The summed E-state index contributed by atoms with van der Waals surface area (Å²) in [5, 5.41) is 0. The van der Waals surface area contributed by atoms with Crippen LogP contribution < -0.4 is 5.73 Å². The second-order valence-corrected chi connectivity index (χ2v) is 6.19. The number of carbonyl (C=O) groups excluding carboxylic acids is 1. The zero-order chi connectivity index (χ0) is 16.4. The average Bonchev–Trinajstić information content (AvgIpc) is 3.02. The second kappa shape index (κ2) is 6.50. The number of hydrogen-bond acceptors (Lipinski definition) is 2. The normalized spacial score (nSPS) is 20.7. The summed E-state index contributed by atoms with van der Waals surface area (Å²) >= 11 is 0. The fourth-order valence-corrected chi connectivity index (χ4v) is 3.31. The Morgan fingerprint density at radius 2 is 1.96 bits per heavy atom. The molecule has 1 saturated heterocycles. The van der Waals surface area contributed by atoms with E-state index in [0.29, 0.717) is 30.8 Å². The monoisotopic (exact) mass is 312 g/mol. The number of hydrogen-bond donors (Lipinski definition) is 1. The minimum absolute atomic E-state index is 0.0509. The van der Waals surface area contributed by atoms with E-state index in [1.165, 1.54) is 11.6 Å². The topological polar surface area (TPSA) is 46.3 Å². The first-order valence-corrected chi connectivity index (χ1v) is 7.90. The third kappa shape index (κ3) is 3.13. The molecule has 3 nitrogen and oxygen atoms in total. The van der Waals surface area contributed by atoms with Crippen LogP contribution in [0.25, 0.3) is 0 Å². The molecule has 2 atom stereocenters. The van der Waals surface area contributed by atoms with Crippen LogP contribution in [0.5, 0.6) is 0 Å². The van der Waals surface area contributed by atoms with Gasteiger partial charge in [0.25, 0.3) is 5.91 Å². The fourth-order valence-electron chi connectivity index (χ4n) is 3.31. The number of benzene rings is 2. The lowest BCUT2D eigenvalue weighted by Gasteiger charge is -2.17. The van der Waals surface area contributed by atoms with E-state index in [-0.39, 0.29) is 23.6 Å². The predicted molar refractivity (Wildman–Crippen MR) is 88.8 cm³/mol. The molecule has 0 saturated carbocycles. The Morgan fingerprint density at radius 3 is 2.61 bits per heavy atom. The van der Waals surface area contributed by atoms with Crippen molar-refractivity contribution in [1.29, 1.82) is 0 Å². The molecule has 1 aliphatic heterocycles. The van der Waals surface area contributed by atoms with E-state index in [1.54, 1.807) is 19.1 Å². The average molecular weight is 312 g/mol. The van der Waals surface area contributed by atoms with Gasteiger partial charge in [-0.1, -0.05) is 30.3 Å². The fraction of sp³-hybridized carbons (Fsp3) is 0.316. The maximum absolute atomic E-state index is 13.4. The largest absolute Gasteiger partial charge is 0.338 e. The summed E-state index contributed by atoms with van der Waals surface area (Å²) in [6.45, 7) is 3.52. The van der Waals surface area contributed by atoms with Gasteiger partial charge >= 0.3 is 0 Å². The Morgan fingerprint density at radius 1 is 1.22 bits per heavy atom. The molecule has 0 aromatic heterocycles. The first-order valence-electron chi connectivity index (χ1n) is 7.90. The van der Waals surface area contributed by atoms with Crippen molar-refractivity contribution in [3.63, 3.8) is 0 Å². The number of carbonyl (C=O) groups is 1. The van der Waals surface area contributed by atoms with Crippen molar-refractivity contribution >= 4 is 5.91 Å². The van der Waals surface area contributed by atoms with E-state index in [1.807, 2.05) is 23.1 Å². The van der Waals surface area contributed by atoms with Crippen LogP contribution in [0.3, 0.4) is 0 Å². The Bertz CT molecular complexity index is 702. The highest BCUT2D eigenvalue weighted by atomic mass is 19.1. The summed E-state index contributed by atoms with van der Waals surface area (Å²) in [6, 6.07) is 14.7. The van der Waals surface area contributed by atoms with Crippen LogP contribution >= 0.6 is 0 Å². The molecule has 0 spiro atoms. The summed E-state index contributed by atoms with van der Waals surface area (Å²) in [4.78, 5) is 14.5. The molecule has 0 radical (unpaired) electrons. The van der Waals surface area contributed by atoms with Gasteiger partial charge in [0.05, 0.1) is 0 Å². The van der Waals surface area contributed by atoms with Crippen molar-refractivity contribution in [2.45, 2.75) is 12.8 Å². The molecular formula is C19H21FN2O. The SMILES string of the molecule is Cc1cc(C(=O)N2C[C@@H](CN)[C@H](c3ccccc3)C2)ccc1F. The minimum Gasteiger partial charge on any atom is -0.338 e. The van der Waals surface area contributed by atoms with E-state index >= 15 is 0 Å². The quantitative estimate of drug-likeness (QED) is 0.947. The number of rotatable bonds is 3. The van der Waals surface area contributed by atoms with Crippen molar-refractivity contribution in [1.82, 2.24) is 4.90 Å². The second-order valence-electron chi connectivity index (χ2n) is 6.19. The molecule has 3 rings (SSSR count). The molecule has 2 aromatic rings. The summed E-state index contributed by atoms with van der Waals surface area (Å²) in [6.07, 6.45) is 0. The number of nitrogens with zero attached hydrogens (tertiary/aromatic N) is 1. The first-order chi connectivity index (χ1) is 11.1. The third-order valence-electron chi connectivity index (χ3n) is 4.66. The Labute approximate surface area is 135 Å². The van der Waals surface area contributed by atoms with Crippen LogP contribution in [0, 0.1) is 18.7 Å². The molecule has 23 heavy (non-hydrogen) atoms. The van der Waals surface area contributed by atoms with E-state index < -0.39 is 0 Å². The highest BCUT2D eigenvalue weighted by molar-refractivity contribution is 5.94. The molecule has 1 fully saturated rings. The van der Waals surface area contributed by atoms with Crippen molar-refractivity contribution in [2.75, 3.05) is 19.6 Å². The van der Waals surface area contributed by atoms with Gasteiger partial charge in [-0.2, -0.15) is 0 Å². The van der Waals surface area contributed by atoms with Gasteiger partial charge in [-0.25, -0.2) is 4.39 Å². The minimum atomic E-state index is -0.287. The van der Waals surface area contributed by atoms with Crippen molar-refractivity contribution < 1.29 is 9.18 Å². The smallest absolute Gasteiger partial charge is 0.253 e.